The minimum Gasteiger partial charge on any atom is -0.355 e. The van der Waals surface area contributed by atoms with Crippen LogP contribution < -0.4 is 16.0 Å². The Morgan fingerprint density at radius 2 is 1.89 bits per heavy atom. The molecule has 0 aromatic heterocycles. The van der Waals surface area contributed by atoms with E-state index in [-0.39, 0.29) is 18.5 Å². The van der Waals surface area contributed by atoms with Gasteiger partial charge in [-0.1, -0.05) is 18.1 Å². The molecule has 0 saturated heterocycles. The van der Waals surface area contributed by atoms with E-state index in [2.05, 4.69) is 21.9 Å². The number of benzene rings is 1. The number of terminal acetylenes is 1. The topological polar surface area (TPSA) is 70.2 Å². The van der Waals surface area contributed by atoms with Gasteiger partial charge in [0.05, 0.1) is 6.54 Å². The lowest BCUT2D eigenvalue weighted by Crippen LogP contribution is -2.35. The van der Waals surface area contributed by atoms with Crippen molar-refractivity contribution in [3.63, 3.8) is 0 Å². The van der Waals surface area contributed by atoms with Gasteiger partial charge in [-0.15, -0.1) is 6.42 Å². The van der Waals surface area contributed by atoms with E-state index < -0.39 is 0 Å². The van der Waals surface area contributed by atoms with Crippen molar-refractivity contribution in [2.24, 2.45) is 0 Å². The van der Waals surface area contributed by atoms with Crippen LogP contribution in [0, 0.1) is 12.3 Å². The normalized spacial score (nSPS) is 9.11. The van der Waals surface area contributed by atoms with Gasteiger partial charge in [0.25, 0.3) is 5.91 Å². The molecule has 0 fully saturated rings. The zero-order valence-electron chi connectivity index (χ0n) is 10.1. The highest BCUT2D eigenvalue weighted by Crippen LogP contribution is 2.03. The Kier molecular flexibility index (Phi) is 5.26. The molecule has 1 aromatic carbocycles. The van der Waals surface area contributed by atoms with Crippen LogP contribution >= 0.6 is 0 Å². The number of urea groups is 1. The minimum absolute atomic E-state index is 0.138. The maximum absolute atomic E-state index is 11.3. The maximum Gasteiger partial charge on any atom is 0.315 e. The number of nitrogens with one attached hydrogen (secondary N) is 3. The van der Waals surface area contributed by atoms with Gasteiger partial charge in [0.2, 0.25) is 0 Å². The van der Waals surface area contributed by atoms with Crippen molar-refractivity contribution in [1.82, 2.24) is 16.0 Å². The standard InChI is InChI=1S/C13H15N3O2/c1-3-8-15-13(18)16-9-10-4-6-11(7-5-10)12(17)14-2/h1,4-7H,8-9H2,2H3,(H,14,17)(H2,15,16,18). The van der Waals surface area contributed by atoms with Crippen LogP contribution in [0.5, 0.6) is 0 Å². The molecule has 0 aliphatic rings. The van der Waals surface area contributed by atoms with Gasteiger partial charge in [0, 0.05) is 19.2 Å². The zero-order chi connectivity index (χ0) is 13.4. The van der Waals surface area contributed by atoms with E-state index in [9.17, 15) is 9.59 Å². The molecule has 0 bridgehead atoms. The Hall–Kier alpha value is -2.48. The van der Waals surface area contributed by atoms with Crippen molar-refractivity contribution < 1.29 is 9.59 Å². The molecule has 3 amide bonds. The second kappa shape index (κ2) is 6.97. The first-order valence-electron chi connectivity index (χ1n) is 5.43. The second-order valence-corrected chi connectivity index (χ2v) is 3.52. The van der Waals surface area contributed by atoms with E-state index >= 15 is 0 Å². The average Bonchev–Trinajstić information content (AvgIpc) is 2.42. The van der Waals surface area contributed by atoms with Crippen LogP contribution in [0.3, 0.4) is 0 Å². The van der Waals surface area contributed by atoms with Gasteiger partial charge >= 0.3 is 6.03 Å². The summed E-state index contributed by atoms with van der Waals surface area (Å²) < 4.78 is 0. The van der Waals surface area contributed by atoms with Crippen LogP contribution in [0.15, 0.2) is 24.3 Å². The molecule has 5 nitrogen and oxygen atoms in total. The molecule has 0 unspecified atom stereocenters. The fourth-order valence-electron chi connectivity index (χ4n) is 1.29. The average molecular weight is 245 g/mol. The summed E-state index contributed by atoms with van der Waals surface area (Å²) in [6, 6.07) is 6.66. The van der Waals surface area contributed by atoms with Crippen molar-refractivity contribution in [2.45, 2.75) is 6.54 Å². The van der Waals surface area contributed by atoms with Crippen LogP contribution in [0.25, 0.3) is 0 Å². The Balaban J connectivity index is 2.47. The summed E-state index contributed by atoms with van der Waals surface area (Å²) in [4.78, 5) is 22.5. The van der Waals surface area contributed by atoms with Crippen LogP contribution in [-0.4, -0.2) is 25.5 Å². The van der Waals surface area contributed by atoms with Gasteiger partial charge in [-0.05, 0) is 17.7 Å². The monoisotopic (exact) mass is 245 g/mol. The van der Waals surface area contributed by atoms with E-state index in [0.717, 1.165) is 5.56 Å². The van der Waals surface area contributed by atoms with Gasteiger partial charge in [-0.25, -0.2) is 4.79 Å². The summed E-state index contributed by atoms with van der Waals surface area (Å²) in [6.45, 7) is 0.575. The largest absolute Gasteiger partial charge is 0.355 e. The highest BCUT2D eigenvalue weighted by atomic mass is 16.2. The lowest BCUT2D eigenvalue weighted by Gasteiger charge is -2.06. The summed E-state index contributed by atoms with van der Waals surface area (Å²) in [5, 5.41) is 7.68. The fourth-order valence-corrected chi connectivity index (χ4v) is 1.29. The molecule has 3 N–H and O–H groups in total. The second-order valence-electron chi connectivity index (χ2n) is 3.52. The number of carbonyl (C=O) groups is 2. The van der Waals surface area contributed by atoms with Gasteiger partial charge in [0.1, 0.15) is 0 Å². The number of rotatable bonds is 4. The summed E-state index contributed by atoms with van der Waals surface area (Å²) in [7, 11) is 1.58. The van der Waals surface area contributed by atoms with Crippen LogP contribution in [0.2, 0.25) is 0 Å². The Bertz CT molecular complexity index is 460. The zero-order valence-corrected chi connectivity index (χ0v) is 10.1. The lowest BCUT2D eigenvalue weighted by molar-refractivity contribution is 0.0963. The molecule has 0 saturated carbocycles. The predicted molar refractivity (Wildman–Crippen MR) is 68.9 cm³/mol. The lowest BCUT2D eigenvalue weighted by atomic mass is 10.1. The molecule has 0 spiro atoms. The fraction of sp³-hybridized carbons (Fsp3) is 0.231. The molecule has 1 rings (SSSR count). The Morgan fingerprint density at radius 1 is 1.22 bits per heavy atom. The molecular weight excluding hydrogens is 230 g/mol. The third kappa shape index (κ3) is 4.18. The number of carbonyl (C=O) groups excluding carboxylic acids is 2. The third-order valence-electron chi connectivity index (χ3n) is 2.25. The molecule has 0 aliphatic heterocycles. The molecule has 0 radical (unpaired) electrons. The van der Waals surface area contributed by atoms with E-state index in [1.165, 1.54) is 0 Å². The van der Waals surface area contributed by atoms with E-state index in [1.54, 1.807) is 31.3 Å². The maximum atomic E-state index is 11.3. The molecule has 18 heavy (non-hydrogen) atoms. The molecule has 0 heterocycles. The first-order valence-corrected chi connectivity index (χ1v) is 5.43. The molecule has 0 atom stereocenters. The summed E-state index contributed by atoms with van der Waals surface area (Å²) in [5.74, 6) is 2.17. The highest BCUT2D eigenvalue weighted by Gasteiger charge is 2.03. The van der Waals surface area contributed by atoms with Crippen LogP contribution in [0.1, 0.15) is 15.9 Å². The quantitative estimate of drug-likeness (QED) is 0.675. The van der Waals surface area contributed by atoms with Gasteiger partial charge in [-0.2, -0.15) is 0 Å². The predicted octanol–water partition coefficient (Wildman–Crippen LogP) is 0.479. The smallest absolute Gasteiger partial charge is 0.315 e. The number of hydrogen-bond donors (Lipinski definition) is 3. The Morgan fingerprint density at radius 3 is 2.44 bits per heavy atom. The number of hydrogen-bond acceptors (Lipinski definition) is 2. The van der Waals surface area contributed by atoms with Gasteiger partial charge in [-0.3, -0.25) is 4.79 Å². The molecule has 94 valence electrons. The van der Waals surface area contributed by atoms with E-state index in [0.29, 0.717) is 12.1 Å². The molecular formula is C13H15N3O2. The summed E-state index contributed by atoms with van der Waals surface area (Å²) in [6.07, 6.45) is 5.01. The van der Waals surface area contributed by atoms with Crippen LogP contribution in [-0.2, 0) is 6.54 Å². The van der Waals surface area contributed by atoms with Crippen molar-refractivity contribution in [2.75, 3.05) is 13.6 Å². The number of amides is 3. The van der Waals surface area contributed by atoms with Crippen molar-refractivity contribution in [3.05, 3.63) is 35.4 Å². The summed E-state index contributed by atoms with van der Waals surface area (Å²) in [5.41, 5.74) is 1.48. The highest BCUT2D eigenvalue weighted by molar-refractivity contribution is 5.93. The van der Waals surface area contributed by atoms with Gasteiger partial charge < -0.3 is 16.0 Å². The van der Waals surface area contributed by atoms with Crippen molar-refractivity contribution in [3.8, 4) is 12.3 Å². The van der Waals surface area contributed by atoms with Gasteiger partial charge in [0.15, 0.2) is 0 Å². The summed E-state index contributed by atoms with van der Waals surface area (Å²) >= 11 is 0. The van der Waals surface area contributed by atoms with Crippen LogP contribution in [0.4, 0.5) is 4.79 Å². The first-order chi connectivity index (χ1) is 8.67. The third-order valence-corrected chi connectivity index (χ3v) is 2.25. The molecule has 5 heteroatoms. The SMILES string of the molecule is C#CCNC(=O)NCc1ccc(C(=O)NC)cc1. The first kappa shape index (κ1) is 13.6. The van der Waals surface area contributed by atoms with E-state index in [1.807, 2.05) is 0 Å². The van der Waals surface area contributed by atoms with E-state index in [4.69, 9.17) is 6.42 Å². The van der Waals surface area contributed by atoms with Crippen molar-refractivity contribution >= 4 is 11.9 Å². The minimum atomic E-state index is -0.316. The Labute approximate surface area is 106 Å². The molecule has 1 aromatic rings. The molecule has 0 aliphatic carbocycles. The van der Waals surface area contributed by atoms with Crippen molar-refractivity contribution in [1.29, 1.82) is 0 Å².